The van der Waals surface area contributed by atoms with Gasteiger partial charge in [0.25, 0.3) is 5.91 Å². The molecule has 0 radical (unpaired) electrons. The van der Waals surface area contributed by atoms with E-state index in [9.17, 15) is 4.79 Å². The highest BCUT2D eigenvalue weighted by Gasteiger charge is 2.19. The van der Waals surface area contributed by atoms with Crippen LogP contribution in [-0.2, 0) is 9.53 Å². The van der Waals surface area contributed by atoms with E-state index in [1.807, 2.05) is 12.1 Å². The first kappa shape index (κ1) is 11.4. The molecule has 0 aliphatic heterocycles. The first-order valence-corrected chi connectivity index (χ1v) is 3.72. The quantitative estimate of drug-likeness (QED) is 0.567. The van der Waals surface area contributed by atoms with Crippen LogP contribution in [0, 0.1) is 22.7 Å². The molecule has 0 aliphatic carbocycles. The number of methoxy groups -OCH3 is 1. The molecule has 13 heavy (non-hydrogen) atoms. The summed E-state index contributed by atoms with van der Waals surface area (Å²) in [6.45, 7) is 1.41. The fourth-order valence-electron chi connectivity index (χ4n) is 0.740. The fourth-order valence-corrected chi connectivity index (χ4v) is 0.740. The second-order valence-electron chi connectivity index (χ2n) is 2.39. The molecule has 1 amide bonds. The van der Waals surface area contributed by atoms with Gasteiger partial charge in [-0.1, -0.05) is 0 Å². The van der Waals surface area contributed by atoms with E-state index in [0.29, 0.717) is 0 Å². The third-order valence-electron chi connectivity index (χ3n) is 1.54. The summed E-state index contributed by atoms with van der Waals surface area (Å²) >= 11 is 0. The van der Waals surface area contributed by atoms with Crippen LogP contribution in [-0.4, -0.2) is 37.1 Å². The van der Waals surface area contributed by atoms with E-state index in [-0.39, 0.29) is 19.0 Å². The van der Waals surface area contributed by atoms with Gasteiger partial charge in [-0.05, 0) is 6.92 Å². The van der Waals surface area contributed by atoms with Gasteiger partial charge in [0.1, 0.15) is 19.2 Å². The van der Waals surface area contributed by atoms with Gasteiger partial charge in [0.05, 0.1) is 12.1 Å². The molecule has 0 aromatic heterocycles. The maximum atomic E-state index is 11.4. The Bertz CT molecular complexity index is 235. The normalized spacial score (nSPS) is 11.1. The predicted octanol–water partition coefficient (Wildman–Crippen LogP) is -0.103. The first-order valence-electron chi connectivity index (χ1n) is 3.72. The van der Waals surface area contributed by atoms with Gasteiger partial charge in [-0.15, -0.1) is 0 Å². The number of amides is 1. The van der Waals surface area contributed by atoms with Crippen molar-refractivity contribution in [2.45, 2.75) is 13.0 Å². The van der Waals surface area contributed by atoms with Gasteiger partial charge in [0.2, 0.25) is 0 Å². The molecule has 1 unspecified atom stereocenters. The molecule has 0 aliphatic rings. The second kappa shape index (κ2) is 5.99. The molecule has 0 saturated carbocycles. The molecule has 0 aromatic carbocycles. The maximum Gasteiger partial charge on any atom is 0.253 e. The molecule has 0 fully saturated rings. The summed E-state index contributed by atoms with van der Waals surface area (Å²) in [5, 5.41) is 16.7. The Labute approximate surface area is 77.1 Å². The molecule has 0 bridgehead atoms. The Kier molecular flexibility index (Phi) is 5.25. The molecular formula is C8H11N3O2. The van der Waals surface area contributed by atoms with E-state index >= 15 is 0 Å². The van der Waals surface area contributed by atoms with Crippen LogP contribution in [0.5, 0.6) is 0 Å². The lowest BCUT2D eigenvalue weighted by molar-refractivity contribution is -0.139. The Hall–Kier alpha value is -1.59. The Morgan fingerprint density at radius 2 is 1.92 bits per heavy atom. The number of nitrogens with zero attached hydrogens (tertiary/aromatic N) is 3. The molecule has 0 spiro atoms. The van der Waals surface area contributed by atoms with Crippen molar-refractivity contribution in [1.29, 1.82) is 10.5 Å². The van der Waals surface area contributed by atoms with Crippen molar-refractivity contribution < 1.29 is 9.53 Å². The van der Waals surface area contributed by atoms with E-state index in [0.717, 1.165) is 4.90 Å². The average molecular weight is 181 g/mol. The zero-order valence-corrected chi connectivity index (χ0v) is 7.65. The predicted molar refractivity (Wildman–Crippen MR) is 44.3 cm³/mol. The standard InChI is InChI=1S/C8H11N3O2/c1-7(13-2)8(12)11(5-3-9)6-4-10/h7H,5-6H2,1-2H3. The summed E-state index contributed by atoms with van der Waals surface area (Å²) in [5.74, 6) is -0.342. The molecule has 5 nitrogen and oxygen atoms in total. The lowest BCUT2D eigenvalue weighted by Crippen LogP contribution is -2.39. The average Bonchev–Trinajstić information content (AvgIpc) is 2.15. The molecular weight excluding hydrogens is 170 g/mol. The van der Waals surface area contributed by atoms with Crippen molar-refractivity contribution in [2.24, 2.45) is 0 Å². The number of ether oxygens (including phenoxy) is 1. The highest BCUT2D eigenvalue weighted by Crippen LogP contribution is 1.97. The smallest absolute Gasteiger partial charge is 0.253 e. The number of rotatable bonds is 4. The number of hydrogen-bond acceptors (Lipinski definition) is 4. The molecule has 0 rings (SSSR count). The highest BCUT2D eigenvalue weighted by molar-refractivity contribution is 5.80. The van der Waals surface area contributed by atoms with Crippen LogP contribution in [0.1, 0.15) is 6.92 Å². The lowest BCUT2D eigenvalue weighted by Gasteiger charge is -2.19. The molecule has 5 heteroatoms. The fraction of sp³-hybridized carbons (Fsp3) is 0.625. The van der Waals surface area contributed by atoms with Crippen molar-refractivity contribution in [1.82, 2.24) is 4.90 Å². The zero-order chi connectivity index (χ0) is 10.3. The third kappa shape index (κ3) is 3.55. The zero-order valence-electron chi connectivity index (χ0n) is 7.65. The molecule has 1 atom stereocenters. The maximum absolute atomic E-state index is 11.4. The monoisotopic (exact) mass is 181 g/mol. The summed E-state index contributed by atoms with van der Waals surface area (Å²) in [7, 11) is 1.40. The van der Waals surface area contributed by atoms with Crippen molar-refractivity contribution in [3.05, 3.63) is 0 Å². The Morgan fingerprint density at radius 1 is 1.46 bits per heavy atom. The summed E-state index contributed by atoms with van der Waals surface area (Å²) in [4.78, 5) is 12.5. The van der Waals surface area contributed by atoms with Crippen molar-refractivity contribution in [2.75, 3.05) is 20.2 Å². The summed E-state index contributed by atoms with van der Waals surface area (Å²) in [6, 6.07) is 3.62. The van der Waals surface area contributed by atoms with Gasteiger partial charge in [-0.25, -0.2) is 0 Å². The summed E-state index contributed by atoms with van der Waals surface area (Å²) < 4.78 is 4.78. The van der Waals surface area contributed by atoms with E-state index in [1.165, 1.54) is 7.11 Å². The van der Waals surface area contributed by atoms with Crippen LogP contribution in [0.15, 0.2) is 0 Å². The van der Waals surface area contributed by atoms with E-state index < -0.39 is 6.10 Å². The molecule has 0 saturated heterocycles. The van der Waals surface area contributed by atoms with Gasteiger partial charge in [0, 0.05) is 7.11 Å². The Morgan fingerprint density at radius 3 is 2.23 bits per heavy atom. The van der Waals surface area contributed by atoms with E-state index in [2.05, 4.69) is 0 Å². The van der Waals surface area contributed by atoms with Crippen LogP contribution in [0.2, 0.25) is 0 Å². The molecule has 0 aromatic rings. The third-order valence-corrected chi connectivity index (χ3v) is 1.54. The van der Waals surface area contributed by atoms with Crippen molar-refractivity contribution in [3.8, 4) is 12.1 Å². The number of nitriles is 2. The SMILES string of the molecule is COC(C)C(=O)N(CC#N)CC#N. The minimum Gasteiger partial charge on any atom is -0.372 e. The second-order valence-corrected chi connectivity index (χ2v) is 2.39. The minimum atomic E-state index is -0.610. The molecule has 0 heterocycles. The number of hydrogen-bond donors (Lipinski definition) is 0. The number of carbonyl (C=O) groups excluding carboxylic acids is 1. The van der Waals surface area contributed by atoms with E-state index in [4.69, 9.17) is 15.3 Å². The van der Waals surface area contributed by atoms with Crippen molar-refractivity contribution in [3.63, 3.8) is 0 Å². The Balaban J connectivity index is 4.30. The highest BCUT2D eigenvalue weighted by atomic mass is 16.5. The van der Waals surface area contributed by atoms with Gasteiger partial charge < -0.3 is 9.64 Å². The van der Waals surface area contributed by atoms with Crippen LogP contribution in [0.4, 0.5) is 0 Å². The van der Waals surface area contributed by atoms with Gasteiger partial charge in [-0.2, -0.15) is 10.5 Å². The van der Waals surface area contributed by atoms with Gasteiger partial charge in [0.15, 0.2) is 0 Å². The van der Waals surface area contributed by atoms with Crippen LogP contribution >= 0.6 is 0 Å². The van der Waals surface area contributed by atoms with Crippen LogP contribution in [0.25, 0.3) is 0 Å². The van der Waals surface area contributed by atoms with Crippen LogP contribution in [0.3, 0.4) is 0 Å². The van der Waals surface area contributed by atoms with Crippen molar-refractivity contribution >= 4 is 5.91 Å². The first-order chi connectivity index (χ1) is 6.17. The van der Waals surface area contributed by atoms with Crippen LogP contribution < -0.4 is 0 Å². The molecule has 0 N–H and O–H groups in total. The topological polar surface area (TPSA) is 77.1 Å². The minimum absolute atomic E-state index is 0.0832. The largest absolute Gasteiger partial charge is 0.372 e. The van der Waals surface area contributed by atoms with Gasteiger partial charge in [-0.3, -0.25) is 4.79 Å². The van der Waals surface area contributed by atoms with Gasteiger partial charge >= 0.3 is 0 Å². The lowest BCUT2D eigenvalue weighted by atomic mass is 10.3. The van der Waals surface area contributed by atoms with E-state index in [1.54, 1.807) is 6.92 Å². The summed E-state index contributed by atoms with van der Waals surface area (Å²) in [5.41, 5.74) is 0. The molecule has 70 valence electrons. The number of carbonyl (C=O) groups is 1. The summed E-state index contributed by atoms with van der Waals surface area (Å²) in [6.07, 6.45) is -0.610.